The normalized spacial score (nSPS) is 9.76. The Morgan fingerprint density at radius 3 is 2.67 bits per heavy atom. The van der Waals surface area contributed by atoms with Crippen LogP contribution in [-0.4, -0.2) is 22.9 Å². The van der Waals surface area contributed by atoms with E-state index >= 15 is 0 Å². The minimum absolute atomic E-state index is 0.0318. The fourth-order valence-corrected chi connectivity index (χ4v) is 1.76. The van der Waals surface area contributed by atoms with Gasteiger partial charge in [0.05, 0.1) is 13.2 Å². The summed E-state index contributed by atoms with van der Waals surface area (Å²) in [6.07, 6.45) is 2.22. The minimum Gasteiger partial charge on any atom is -0.492 e. The van der Waals surface area contributed by atoms with E-state index in [1.807, 2.05) is 30.3 Å². The Morgan fingerprint density at radius 2 is 1.95 bits per heavy atom. The van der Waals surface area contributed by atoms with Crippen LogP contribution in [0.4, 0.5) is 0 Å². The minimum atomic E-state index is -0.0318. The zero-order chi connectivity index (χ0) is 14.9. The summed E-state index contributed by atoms with van der Waals surface area (Å²) in [4.78, 5) is 11.5. The van der Waals surface area contributed by atoms with E-state index in [2.05, 4.69) is 11.8 Å². The first-order valence-corrected chi connectivity index (χ1v) is 6.77. The van der Waals surface area contributed by atoms with E-state index in [1.54, 1.807) is 16.8 Å². The van der Waals surface area contributed by atoms with Crippen LogP contribution in [0.1, 0.15) is 12.0 Å². The van der Waals surface area contributed by atoms with E-state index in [0.29, 0.717) is 19.6 Å². The van der Waals surface area contributed by atoms with Gasteiger partial charge in [0.25, 0.3) is 5.56 Å². The van der Waals surface area contributed by atoms with Crippen molar-refractivity contribution in [3.05, 3.63) is 64.6 Å². The first-order chi connectivity index (χ1) is 10.3. The summed E-state index contributed by atoms with van der Waals surface area (Å²) < 4.78 is 7.20. The van der Waals surface area contributed by atoms with Gasteiger partial charge in [-0.3, -0.25) is 4.79 Å². The van der Waals surface area contributed by atoms with Gasteiger partial charge < -0.3 is 14.4 Å². The highest BCUT2D eigenvalue weighted by molar-refractivity contribution is 5.38. The molecule has 0 radical (unpaired) electrons. The first kappa shape index (κ1) is 14.9. The van der Waals surface area contributed by atoms with Crippen LogP contribution < -0.4 is 10.3 Å². The second-order valence-corrected chi connectivity index (χ2v) is 4.38. The van der Waals surface area contributed by atoms with Crippen LogP contribution in [-0.2, 0) is 6.54 Å². The molecule has 108 valence electrons. The highest BCUT2D eigenvalue weighted by Crippen LogP contribution is 2.11. The maximum atomic E-state index is 11.5. The molecule has 1 aromatic carbocycles. The number of pyridine rings is 1. The van der Waals surface area contributed by atoms with Crippen molar-refractivity contribution in [2.24, 2.45) is 0 Å². The summed E-state index contributed by atoms with van der Waals surface area (Å²) in [7, 11) is 0. The zero-order valence-corrected chi connectivity index (χ0v) is 11.7. The van der Waals surface area contributed by atoms with Gasteiger partial charge in [-0.2, -0.15) is 0 Å². The largest absolute Gasteiger partial charge is 0.492 e. The Balaban J connectivity index is 1.86. The van der Waals surface area contributed by atoms with Gasteiger partial charge in [0, 0.05) is 24.2 Å². The van der Waals surface area contributed by atoms with Crippen LogP contribution >= 0.6 is 0 Å². The summed E-state index contributed by atoms with van der Waals surface area (Å²) in [6, 6.07) is 12.5. The summed E-state index contributed by atoms with van der Waals surface area (Å²) >= 11 is 0. The third-order valence-corrected chi connectivity index (χ3v) is 2.82. The van der Waals surface area contributed by atoms with Crippen molar-refractivity contribution < 1.29 is 9.84 Å². The highest BCUT2D eigenvalue weighted by atomic mass is 16.5. The molecule has 2 rings (SSSR count). The fraction of sp³-hybridized carbons (Fsp3) is 0.235. The Hall–Kier alpha value is -2.51. The standard InChI is InChI=1S/C17H17NO3/c19-13-4-2-5-15-7-9-16(10-8-15)21-14-12-18-11-3-1-6-17(18)20/h1,3,6-11,19H,4,12-14H2. The molecule has 1 aromatic heterocycles. The highest BCUT2D eigenvalue weighted by Gasteiger charge is 1.96. The Bertz CT molecular complexity index is 677. The fourth-order valence-electron chi connectivity index (χ4n) is 1.76. The van der Waals surface area contributed by atoms with Crippen LogP contribution in [0.25, 0.3) is 0 Å². The Morgan fingerprint density at radius 1 is 1.14 bits per heavy atom. The maximum absolute atomic E-state index is 11.5. The molecule has 0 aliphatic heterocycles. The van der Waals surface area contributed by atoms with E-state index in [4.69, 9.17) is 9.84 Å². The zero-order valence-electron chi connectivity index (χ0n) is 11.7. The van der Waals surface area contributed by atoms with Gasteiger partial charge in [-0.25, -0.2) is 0 Å². The molecule has 0 unspecified atom stereocenters. The SMILES string of the molecule is O=c1ccccn1CCOc1ccc(C#CCCO)cc1. The molecule has 21 heavy (non-hydrogen) atoms. The average Bonchev–Trinajstić information content (AvgIpc) is 2.51. The molecule has 0 bridgehead atoms. The number of nitrogens with zero attached hydrogens (tertiary/aromatic N) is 1. The van der Waals surface area contributed by atoms with Gasteiger partial charge in [0.15, 0.2) is 0 Å². The maximum Gasteiger partial charge on any atom is 0.250 e. The van der Waals surface area contributed by atoms with Crippen molar-refractivity contribution in [1.29, 1.82) is 0 Å². The van der Waals surface area contributed by atoms with Gasteiger partial charge in [-0.15, -0.1) is 0 Å². The lowest BCUT2D eigenvalue weighted by molar-refractivity contribution is 0.296. The lowest BCUT2D eigenvalue weighted by Crippen LogP contribution is -2.21. The number of hydrogen-bond donors (Lipinski definition) is 1. The molecule has 0 aliphatic rings. The monoisotopic (exact) mass is 283 g/mol. The number of benzene rings is 1. The summed E-state index contributed by atoms with van der Waals surface area (Å²) in [5, 5.41) is 8.65. The Labute approximate surface area is 123 Å². The molecular weight excluding hydrogens is 266 g/mol. The van der Waals surface area contributed by atoms with E-state index in [1.165, 1.54) is 6.07 Å². The van der Waals surface area contributed by atoms with E-state index in [0.717, 1.165) is 11.3 Å². The van der Waals surface area contributed by atoms with Gasteiger partial charge >= 0.3 is 0 Å². The van der Waals surface area contributed by atoms with Crippen molar-refractivity contribution in [2.45, 2.75) is 13.0 Å². The van der Waals surface area contributed by atoms with Crippen molar-refractivity contribution in [3.63, 3.8) is 0 Å². The van der Waals surface area contributed by atoms with Crippen LogP contribution in [0, 0.1) is 11.8 Å². The number of hydrogen-bond acceptors (Lipinski definition) is 3. The summed E-state index contributed by atoms with van der Waals surface area (Å²) in [5.74, 6) is 6.56. The van der Waals surface area contributed by atoms with Crippen LogP contribution in [0.15, 0.2) is 53.5 Å². The molecule has 0 aliphatic carbocycles. The van der Waals surface area contributed by atoms with E-state index in [-0.39, 0.29) is 12.2 Å². The summed E-state index contributed by atoms with van der Waals surface area (Å²) in [6.45, 7) is 1.02. The molecule has 0 fully saturated rings. The van der Waals surface area contributed by atoms with Crippen molar-refractivity contribution in [1.82, 2.24) is 4.57 Å². The van der Waals surface area contributed by atoms with Crippen molar-refractivity contribution in [2.75, 3.05) is 13.2 Å². The predicted molar refractivity (Wildman–Crippen MR) is 81.2 cm³/mol. The molecule has 4 heteroatoms. The quantitative estimate of drug-likeness (QED) is 0.849. The van der Waals surface area contributed by atoms with Crippen molar-refractivity contribution in [3.8, 4) is 17.6 Å². The second-order valence-electron chi connectivity index (χ2n) is 4.38. The van der Waals surface area contributed by atoms with Gasteiger partial charge in [-0.05, 0) is 30.3 Å². The number of aliphatic hydroxyl groups is 1. The number of rotatable bonds is 5. The molecule has 0 saturated heterocycles. The molecule has 1 heterocycles. The molecule has 0 spiro atoms. The molecule has 0 amide bonds. The molecular formula is C17H17NO3. The first-order valence-electron chi connectivity index (χ1n) is 6.77. The number of ether oxygens (including phenoxy) is 1. The van der Waals surface area contributed by atoms with Gasteiger partial charge in [0.1, 0.15) is 12.4 Å². The average molecular weight is 283 g/mol. The van der Waals surface area contributed by atoms with Crippen molar-refractivity contribution >= 4 is 0 Å². The molecule has 0 atom stereocenters. The summed E-state index contributed by atoms with van der Waals surface area (Å²) in [5.41, 5.74) is 0.852. The molecule has 2 aromatic rings. The smallest absolute Gasteiger partial charge is 0.250 e. The lowest BCUT2D eigenvalue weighted by Gasteiger charge is -2.07. The van der Waals surface area contributed by atoms with Crippen LogP contribution in [0.2, 0.25) is 0 Å². The van der Waals surface area contributed by atoms with Crippen LogP contribution in [0.3, 0.4) is 0 Å². The molecule has 1 N–H and O–H groups in total. The topological polar surface area (TPSA) is 51.5 Å². The van der Waals surface area contributed by atoms with Gasteiger partial charge in [0.2, 0.25) is 0 Å². The Kier molecular flexibility index (Phi) is 5.62. The van der Waals surface area contributed by atoms with E-state index < -0.39 is 0 Å². The number of aliphatic hydroxyl groups excluding tert-OH is 1. The van der Waals surface area contributed by atoms with Crippen LogP contribution in [0.5, 0.6) is 5.75 Å². The molecule has 0 saturated carbocycles. The lowest BCUT2D eigenvalue weighted by atomic mass is 10.2. The molecule has 4 nitrogen and oxygen atoms in total. The number of aromatic nitrogens is 1. The predicted octanol–water partition coefficient (Wildman–Crippen LogP) is 1.66. The van der Waals surface area contributed by atoms with E-state index in [9.17, 15) is 4.79 Å². The third kappa shape index (κ3) is 4.83. The second kappa shape index (κ2) is 7.93. The third-order valence-electron chi connectivity index (χ3n) is 2.82. The van der Waals surface area contributed by atoms with Gasteiger partial charge in [-0.1, -0.05) is 17.9 Å².